The third kappa shape index (κ3) is 4.61. The molecule has 1 N–H and O–H groups in total. The maximum Gasteiger partial charge on any atom is 0.265 e. The van der Waals surface area contributed by atoms with Crippen molar-refractivity contribution in [1.29, 1.82) is 0 Å². The summed E-state index contributed by atoms with van der Waals surface area (Å²) < 4.78 is 5.69. The molecule has 0 aliphatic rings. The third-order valence-electron chi connectivity index (χ3n) is 4.17. The molecule has 0 saturated carbocycles. The van der Waals surface area contributed by atoms with Crippen LogP contribution in [0.4, 0.5) is 5.69 Å². The first-order valence-electron chi connectivity index (χ1n) is 8.77. The minimum absolute atomic E-state index is 0.140. The third-order valence-corrected chi connectivity index (χ3v) is 4.17. The predicted octanol–water partition coefficient (Wildman–Crippen LogP) is 4.63. The minimum Gasteiger partial charge on any atom is -0.481 e. The number of para-hydroxylation sites is 1. The highest BCUT2D eigenvalue weighted by molar-refractivity contribution is 6.14. The minimum atomic E-state index is -0.701. The number of hydrogen-bond donors (Lipinski definition) is 1. The number of amides is 1. The van der Waals surface area contributed by atoms with Crippen LogP contribution >= 0.6 is 0 Å². The van der Waals surface area contributed by atoms with Gasteiger partial charge >= 0.3 is 0 Å². The largest absolute Gasteiger partial charge is 0.481 e. The quantitative estimate of drug-likeness (QED) is 0.653. The van der Waals surface area contributed by atoms with E-state index in [-0.39, 0.29) is 11.7 Å². The maximum absolute atomic E-state index is 12.8. The van der Waals surface area contributed by atoms with Crippen molar-refractivity contribution in [2.24, 2.45) is 0 Å². The fourth-order valence-corrected chi connectivity index (χ4v) is 2.64. The van der Waals surface area contributed by atoms with E-state index in [2.05, 4.69) is 5.32 Å². The Morgan fingerprint density at radius 3 is 2.19 bits per heavy atom. The first-order valence-corrected chi connectivity index (χ1v) is 8.77. The predicted molar refractivity (Wildman–Crippen MR) is 106 cm³/mol. The lowest BCUT2D eigenvalue weighted by molar-refractivity contribution is -0.122. The average Bonchev–Trinajstić information content (AvgIpc) is 2.70. The molecule has 3 rings (SSSR count). The second-order valence-electron chi connectivity index (χ2n) is 6.30. The fraction of sp³-hybridized carbons (Fsp3) is 0.130. The molecule has 0 fully saturated rings. The highest BCUT2D eigenvalue weighted by atomic mass is 16.5. The summed E-state index contributed by atoms with van der Waals surface area (Å²) in [5.41, 5.74) is 2.60. The SMILES string of the molecule is Cc1ccc(O[C@@H](C)C(=O)Nc2ccccc2C(=O)c2ccccc2)cc1. The monoisotopic (exact) mass is 359 g/mol. The first kappa shape index (κ1) is 18.4. The summed E-state index contributed by atoms with van der Waals surface area (Å²) in [6.45, 7) is 3.66. The second kappa shape index (κ2) is 8.32. The van der Waals surface area contributed by atoms with Crippen molar-refractivity contribution in [3.05, 3.63) is 95.6 Å². The molecule has 0 heterocycles. The standard InChI is InChI=1S/C23H21NO3/c1-16-12-14-19(15-13-16)27-17(2)23(26)24-21-11-7-6-10-20(21)22(25)18-8-4-3-5-9-18/h3-15,17H,1-2H3,(H,24,26)/t17-/m0/s1. The molecule has 1 amide bonds. The summed E-state index contributed by atoms with van der Waals surface area (Å²) in [7, 11) is 0. The lowest BCUT2D eigenvalue weighted by atomic mass is 10.0. The van der Waals surface area contributed by atoms with Gasteiger partial charge in [-0.2, -0.15) is 0 Å². The molecule has 3 aromatic carbocycles. The Morgan fingerprint density at radius 2 is 1.48 bits per heavy atom. The van der Waals surface area contributed by atoms with Crippen molar-refractivity contribution in [1.82, 2.24) is 0 Å². The smallest absolute Gasteiger partial charge is 0.265 e. The number of nitrogens with one attached hydrogen (secondary N) is 1. The molecule has 4 nitrogen and oxygen atoms in total. The van der Waals surface area contributed by atoms with E-state index in [1.165, 1.54) is 0 Å². The van der Waals surface area contributed by atoms with Crippen molar-refractivity contribution in [2.45, 2.75) is 20.0 Å². The van der Waals surface area contributed by atoms with Gasteiger partial charge in [0.05, 0.1) is 5.69 Å². The van der Waals surface area contributed by atoms with Crippen LogP contribution in [0, 0.1) is 6.92 Å². The van der Waals surface area contributed by atoms with Crippen LogP contribution in [0.2, 0.25) is 0 Å². The van der Waals surface area contributed by atoms with Gasteiger partial charge in [0.15, 0.2) is 11.9 Å². The van der Waals surface area contributed by atoms with E-state index in [9.17, 15) is 9.59 Å². The summed E-state index contributed by atoms with van der Waals surface area (Å²) >= 11 is 0. The number of ether oxygens (including phenoxy) is 1. The molecule has 0 unspecified atom stereocenters. The van der Waals surface area contributed by atoms with Crippen LogP contribution in [0.15, 0.2) is 78.9 Å². The first-order chi connectivity index (χ1) is 13.0. The van der Waals surface area contributed by atoms with Gasteiger partial charge in [-0.15, -0.1) is 0 Å². The van der Waals surface area contributed by atoms with Gasteiger partial charge in [-0.3, -0.25) is 9.59 Å². The number of benzene rings is 3. The van der Waals surface area contributed by atoms with Crippen molar-refractivity contribution >= 4 is 17.4 Å². The van der Waals surface area contributed by atoms with Crippen molar-refractivity contribution in [3.8, 4) is 5.75 Å². The summed E-state index contributed by atoms with van der Waals surface area (Å²) in [6.07, 6.45) is -0.701. The highest BCUT2D eigenvalue weighted by Crippen LogP contribution is 2.20. The number of hydrogen-bond acceptors (Lipinski definition) is 3. The Labute approximate surface area is 158 Å². The molecule has 4 heteroatoms. The maximum atomic E-state index is 12.8. The van der Waals surface area contributed by atoms with Crippen LogP contribution in [-0.4, -0.2) is 17.8 Å². The van der Waals surface area contributed by atoms with Crippen molar-refractivity contribution < 1.29 is 14.3 Å². The number of anilines is 1. The Hall–Kier alpha value is -3.40. The van der Waals surface area contributed by atoms with E-state index in [0.29, 0.717) is 22.6 Å². The number of carbonyl (C=O) groups is 2. The van der Waals surface area contributed by atoms with Crippen LogP contribution in [0.25, 0.3) is 0 Å². The molecule has 1 atom stereocenters. The molecule has 0 aromatic heterocycles. The number of rotatable bonds is 6. The average molecular weight is 359 g/mol. The van der Waals surface area contributed by atoms with E-state index < -0.39 is 6.10 Å². The summed E-state index contributed by atoms with van der Waals surface area (Å²) in [4.78, 5) is 25.3. The molecule has 3 aromatic rings. The summed E-state index contributed by atoms with van der Waals surface area (Å²) in [5.74, 6) is 0.166. The Balaban J connectivity index is 1.74. The van der Waals surface area contributed by atoms with Gasteiger partial charge in [-0.05, 0) is 38.1 Å². The Kier molecular flexibility index (Phi) is 5.67. The van der Waals surface area contributed by atoms with Crippen LogP contribution < -0.4 is 10.1 Å². The van der Waals surface area contributed by atoms with Gasteiger partial charge < -0.3 is 10.1 Å². The van der Waals surface area contributed by atoms with Gasteiger partial charge in [0.2, 0.25) is 0 Å². The van der Waals surface area contributed by atoms with E-state index in [1.54, 1.807) is 43.3 Å². The zero-order valence-electron chi connectivity index (χ0n) is 15.3. The number of aryl methyl sites for hydroxylation is 1. The van der Waals surface area contributed by atoms with Crippen LogP contribution in [-0.2, 0) is 4.79 Å². The lowest BCUT2D eigenvalue weighted by Crippen LogP contribution is -2.30. The molecular formula is C23H21NO3. The van der Waals surface area contributed by atoms with E-state index in [0.717, 1.165) is 5.56 Å². The van der Waals surface area contributed by atoms with Crippen LogP contribution in [0.5, 0.6) is 5.75 Å². The van der Waals surface area contributed by atoms with Crippen LogP contribution in [0.1, 0.15) is 28.4 Å². The van der Waals surface area contributed by atoms with E-state index in [1.807, 2.05) is 49.4 Å². The van der Waals surface area contributed by atoms with E-state index >= 15 is 0 Å². The van der Waals surface area contributed by atoms with Gasteiger partial charge in [0.25, 0.3) is 5.91 Å². The zero-order valence-corrected chi connectivity index (χ0v) is 15.3. The molecular weight excluding hydrogens is 338 g/mol. The molecule has 0 bridgehead atoms. The zero-order chi connectivity index (χ0) is 19.2. The Bertz CT molecular complexity index is 933. The normalized spacial score (nSPS) is 11.5. The van der Waals surface area contributed by atoms with Gasteiger partial charge in [-0.25, -0.2) is 0 Å². The molecule has 0 saturated heterocycles. The summed E-state index contributed by atoms with van der Waals surface area (Å²) in [6, 6.07) is 23.5. The molecule has 27 heavy (non-hydrogen) atoms. The Morgan fingerprint density at radius 1 is 0.852 bits per heavy atom. The van der Waals surface area contributed by atoms with Crippen molar-refractivity contribution in [2.75, 3.05) is 5.32 Å². The highest BCUT2D eigenvalue weighted by Gasteiger charge is 2.19. The van der Waals surface area contributed by atoms with Crippen molar-refractivity contribution in [3.63, 3.8) is 0 Å². The molecule has 136 valence electrons. The fourth-order valence-electron chi connectivity index (χ4n) is 2.64. The molecule has 0 aliphatic carbocycles. The lowest BCUT2D eigenvalue weighted by Gasteiger charge is -2.16. The topological polar surface area (TPSA) is 55.4 Å². The second-order valence-corrected chi connectivity index (χ2v) is 6.30. The number of ketones is 1. The molecule has 0 spiro atoms. The van der Waals surface area contributed by atoms with E-state index in [4.69, 9.17) is 4.74 Å². The van der Waals surface area contributed by atoms with Crippen LogP contribution in [0.3, 0.4) is 0 Å². The van der Waals surface area contributed by atoms with Gasteiger partial charge in [-0.1, -0.05) is 60.2 Å². The molecule has 0 aliphatic heterocycles. The summed E-state index contributed by atoms with van der Waals surface area (Å²) in [5, 5.41) is 2.81. The van der Waals surface area contributed by atoms with Gasteiger partial charge in [0.1, 0.15) is 5.75 Å². The van der Waals surface area contributed by atoms with Gasteiger partial charge in [0, 0.05) is 11.1 Å². The molecule has 0 radical (unpaired) electrons. The number of carbonyl (C=O) groups excluding carboxylic acids is 2.